The van der Waals surface area contributed by atoms with Gasteiger partial charge in [0.15, 0.2) is 0 Å². The van der Waals surface area contributed by atoms with Crippen LogP contribution in [0.2, 0.25) is 0 Å². The molecule has 2 heterocycles. The summed E-state index contributed by atoms with van der Waals surface area (Å²) in [6.45, 7) is 6.85. The number of amides is 2. The van der Waals surface area contributed by atoms with Gasteiger partial charge in [0.05, 0.1) is 0 Å². The predicted molar refractivity (Wildman–Crippen MR) is 113 cm³/mol. The van der Waals surface area contributed by atoms with E-state index in [9.17, 15) is 9.59 Å². The molecule has 0 aromatic heterocycles. The largest absolute Gasteiger partial charge is 0.353 e. The number of hydrogen-bond donors (Lipinski definition) is 1. The molecule has 2 saturated heterocycles. The van der Waals surface area contributed by atoms with Crippen molar-refractivity contribution in [3.63, 3.8) is 0 Å². The summed E-state index contributed by atoms with van der Waals surface area (Å²) in [6.07, 6.45) is 8.29. The van der Waals surface area contributed by atoms with Gasteiger partial charge in [-0.15, -0.1) is 0 Å². The van der Waals surface area contributed by atoms with Crippen molar-refractivity contribution >= 4 is 17.9 Å². The molecule has 28 heavy (non-hydrogen) atoms. The van der Waals surface area contributed by atoms with Gasteiger partial charge in [-0.3, -0.25) is 9.59 Å². The molecular formula is C23H33N3O2. The van der Waals surface area contributed by atoms with Gasteiger partial charge < -0.3 is 15.1 Å². The Hall–Kier alpha value is -2.14. The Kier molecular flexibility index (Phi) is 7.66. The molecular weight excluding hydrogens is 350 g/mol. The van der Waals surface area contributed by atoms with Crippen molar-refractivity contribution in [3.05, 3.63) is 42.0 Å². The van der Waals surface area contributed by atoms with E-state index >= 15 is 0 Å². The lowest BCUT2D eigenvalue weighted by molar-refractivity contribution is -0.132. The smallest absolute Gasteiger partial charge is 0.246 e. The maximum Gasteiger partial charge on any atom is 0.246 e. The highest BCUT2D eigenvalue weighted by Gasteiger charge is 2.28. The van der Waals surface area contributed by atoms with Crippen LogP contribution >= 0.6 is 0 Å². The molecule has 5 heteroatoms. The van der Waals surface area contributed by atoms with E-state index in [0.29, 0.717) is 19.1 Å². The number of rotatable bonds is 6. The Balaban J connectivity index is 1.39. The molecule has 2 aliphatic heterocycles. The van der Waals surface area contributed by atoms with E-state index < -0.39 is 0 Å². The van der Waals surface area contributed by atoms with Crippen molar-refractivity contribution in [2.45, 2.75) is 45.1 Å². The number of likely N-dealkylation sites (tertiary alicyclic amines) is 2. The summed E-state index contributed by atoms with van der Waals surface area (Å²) >= 11 is 0. The summed E-state index contributed by atoms with van der Waals surface area (Å²) in [5.41, 5.74) is 1.02. The Bertz CT molecular complexity index is 658. The van der Waals surface area contributed by atoms with Crippen LogP contribution in [0.4, 0.5) is 0 Å². The first-order valence-electron chi connectivity index (χ1n) is 10.7. The quantitative estimate of drug-likeness (QED) is 0.769. The van der Waals surface area contributed by atoms with Crippen LogP contribution in [0.1, 0.15) is 44.6 Å². The third-order valence-electron chi connectivity index (χ3n) is 5.87. The topological polar surface area (TPSA) is 52.7 Å². The van der Waals surface area contributed by atoms with Gasteiger partial charge in [0, 0.05) is 44.2 Å². The molecule has 0 atom stereocenters. The lowest BCUT2D eigenvalue weighted by atomic mass is 9.94. The molecule has 2 aliphatic rings. The zero-order chi connectivity index (χ0) is 19.8. The second-order valence-electron chi connectivity index (χ2n) is 7.97. The molecule has 0 radical (unpaired) electrons. The van der Waals surface area contributed by atoms with E-state index in [0.717, 1.165) is 50.9 Å². The lowest BCUT2D eigenvalue weighted by Gasteiger charge is -2.34. The van der Waals surface area contributed by atoms with Gasteiger partial charge in [0.25, 0.3) is 0 Å². The van der Waals surface area contributed by atoms with E-state index in [2.05, 4.69) is 17.1 Å². The number of piperidine rings is 2. The highest BCUT2D eigenvalue weighted by molar-refractivity contribution is 5.92. The van der Waals surface area contributed by atoms with Gasteiger partial charge in [-0.1, -0.05) is 37.3 Å². The Labute approximate surface area is 168 Å². The molecule has 0 spiro atoms. The Morgan fingerprint density at radius 3 is 2.36 bits per heavy atom. The monoisotopic (exact) mass is 383 g/mol. The molecule has 0 aliphatic carbocycles. The molecule has 2 fully saturated rings. The van der Waals surface area contributed by atoms with E-state index in [1.165, 1.54) is 6.42 Å². The number of nitrogens with zero attached hydrogens (tertiary/aromatic N) is 2. The first-order chi connectivity index (χ1) is 13.7. The standard InChI is InChI=1S/C23H33N3O2/c1-2-14-25-15-12-21(13-16-25)24-23(28)20-10-17-26(18-11-20)22(27)9-8-19-6-4-3-5-7-19/h3-9,20-21H,2,10-18H2,1H3,(H,24,28)/b9-8-. The summed E-state index contributed by atoms with van der Waals surface area (Å²) in [7, 11) is 0. The summed E-state index contributed by atoms with van der Waals surface area (Å²) < 4.78 is 0. The molecule has 1 N–H and O–H groups in total. The first-order valence-corrected chi connectivity index (χ1v) is 10.7. The molecule has 2 amide bonds. The minimum absolute atomic E-state index is 0.0333. The summed E-state index contributed by atoms with van der Waals surface area (Å²) in [5.74, 6) is 0.252. The summed E-state index contributed by atoms with van der Waals surface area (Å²) in [6, 6.07) is 10.2. The maximum absolute atomic E-state index is 12.6. The third-order valence-corrected chi connectivity index (χ3v) is 5.87. The molecule has 0 bridgehead atoms. The van der Waals surface area contributed by atoms with Gasteiger partial charge in [-0.2, -0.15) is 0 Å². The molecule has 3 rings (SSSR count). The van der Waals surface area contributed by atoms with E-state index in [1.54, 1.807) is 6.08 Å². The third kappa shape index (κ3) is 5.93. The number of benzene rings is 1. The molecule has 1 aromatic rings. The van der Waals surface area contributed by atoms with Crippen molar-refractivity contribution in [2.75, 3.05) is 32.7 Å². The van der Waals surface area contributed by atoms with Crippen LogP contribution in [0.5, 0.6) is 0 Å². The van der Waals surface area contributed by atoms with Crippen LogP contribution in [0, 0.1) is 5.92 Å². The van der Waals surface area contributed by atoms with Crippen molar-refractivity contribution in [3.8, 4) is 0 Å². The van der Waals surface area contributed by atoms with Crippen molar-refractivity contribution < 1.29 is 9.59 Å². The molecule has 1 aromatic carbocycles. The van der Waals surface area contributed by atoms with Crippen LogP contribution in [0.25, 0.3) is 6.08 Å². The zero-order valence-corrected chi connectivity index (χ0v) is 17.0. The minimum atomic E-state index is 0.0333. The van der Waals surface area contributed by atoms with Gasteiger partial charge in [0.1, 0.15) is 0 Å². The van der Waals surface area contributed by atoms with Gasteiger partial charge in [-0.25, -0.2) is 0 Å². The second-order valence-corrected chi connectivity index (χ2v) is 7.97. The highest BCUT2D eigenvalue weighted by atomic mass is 16.2. The minimum Gasteiger partial charge on any atom is -0.353 e. The fourth-order valence-corrected chi connectivity index (χ4v) is 4.14. The molecule has 0 saturated carbocycles. The van der Waals surface area contributed by atoms with Crippen LogP contribution in [0.3, 0.4) is 0 Å². The van der Waals surface area contributed by atoms with Gasteiger partial charge in [0.2, 0.25) is 11.8 Å². The average molecular weight is 384 g/mol. The lowest BCUT2D eigenvalue weighted by Crippen LogP contribution is -2.48. The zero-order valence-electron chi connectivity index (χ0n) is 17.0. The van der Waals surface area contributed by atoms with E-state index in [4.69, 9.17) is 0 Å². The number of carbonyl (C=O) groups excluding carboxylic acids is 2. The Morgan fingerprint density at radius 2 is 1.71 bits per heavy atom. The van der Waals surface area contributed by atoms with Crippen LogP contribution in [0.15, 0.2) is 36.4 Å². The fraction of sp³-hybridized carbons (Fsp3) is 0.565. The van der Waals surface area contributed by atoms with Gasteiger partial charge >= 0.3 is 0 Å². The number of nitrogens with one attached hydrogen (secondary N) is 1. The van der Waals surface area contributed by atoms with Crippen molar-refractivity contribution in [1.82, 2.24) is 15.1 Å². The first kappa shape index (κ1) is 20.6. The normalized spacial score (nSPS) is 19.8. The van der Waals surface area contributed by atoms with Crippen LogP contribution in [-0.2, 0) is 9.59 Å². The van der Waals surface area contributed by atoms with Crippen LogP contribution in [-0.4, -0.2) is 60.4 Å². The summed E-state index contributed by atoms with van der Waals surface area (Å²) in [4.78, 5) is 29.3. The number of carbonyl (C=O) groups is 2. The van der Waals surface area contributed by atoms with Gasteiger partial charge in [-0.05, 0) is 50.3 Å². The predicted octanol–water partition coefficient (Wildman–Crippen LogP) is 2.93. The van der Waals surface area contributed by atoms with Crippen LogP contribution < -0.4 is 5.32 Å². The van der Waals surface area contributed by atoms with E-state index in [-0.39, 0.29) is 17.7 Å². The SMILES string of the molecule is CCCN1CCC(NC(=O)C2CCN(C(=O)/C=C\c3ccccc3)CC2)CC1. The molecule has 5 nitrogen and oxygen atoms in total. The molecule has 0 unspecified atom stereocenters. The molecule has 152 valence electrons. The highest BCUT2D eigenvalue weighted by Crippen LogP contribution is 2.19. The maximum atomic E-state index is 12.6. The summed E-state index contributed by atoms with van der Waals surface area (Å²) in [5, 5.41) is 3.26. The fourth-order valence-electron chi connectivity index (χ4n) is 4.14. The van der Waals surface area contributed by atoms with Crippen molar-refractivity contribution in [2.24, 2.45) is 5.92 Å². The Morgan fingerprint density at radius 1 is 1.04 bits per heavy atom. The van der Waals surface area contributed by atoms with Crippen molar-refractivity contribution in [1.29, 1.82) is 0 Å². The second kappa shape index (κ2) is 10.4. The number of hydrogen-bond acceptors (Lipinski definition) is 3. The van der Waals surface area contributed by atoms with E-state index in [1.807, 2.05) is 41.3 Å². The average Bonchev–Trinajstić information content (AvgIpc) is 2.74.